The van der Waals surface area contributed by atoms with Crippen LogP contribution in [0.5, 0.6) is 0 Å². The summed E-state index contributed by atoms with van der Waals surface area (Å²) in [6.45, 7) is 39.3. The van der Waals surface area contributed by atoms with E-state index < -0.39 is 0 Å². The molecule has 1 radical (unpaired) electrons. The first-order chi connectivity index (χ1) is 22.3. The first-order valence-corrected chi connectivity index (χ1v) is 16.6. The molecule has 0 aliphatic carbocycles. The molecular weight excluding hydrogens is 761 g/mol. The monoisotopic (exact) mass is 826 g/mol. The van der Waals surface area contributed by atoms with E-state index in [1.165, 1.54) is 99.8 Å². The molecule has 0 unspecified atom stereocenters. The summed E-state index contributed by atoms with van der Waals surface area (Å²) in [4.78, 5) is 9.93. The van der Waals surface area contributed by atoms with Crippen LogP contribution >= 0.6 is 0 Å². The number of hydrogen-bond acceptors (Lipinski definition) is 2. The van der Waals surface area contributed by atoms with Gasteiger partial charge in [0.25, 0.3) is 0 Å². The maximum Gasteiger partial charge on any atom is 0.0301 e. The minimum atomic E-state index is 0. The fourth-order valence-corrected chi connectivity index (χ4v) is 6.78. The van der Waals surface area contributed by atoms with Crippen molar-refractivity contribution in [3.8, 4) is 22.5 Å². The molecule has 0 fully saturated rings. The van der Waals surface area contributed by atoms with Gasteiger partial charge < -0.3 is 9.97 Å². The van der Waals surface area contributed by atoms with E-state index in [4.69, 9.17) is 12.9 Å². The SMILES string of the molecule is C.Cc1[c-]c(-c2nc(C)c(C)c(C)c2C)c(C)c(C)c1C.Cc1[c-]c(-c2nc(C)c(C)c3c(C)c(C)c(C)c(C)c23)c(C)c(C)c1C.[2HH].[2H][2H].[Ir]. The molecular formula is C45H62IrN2-2. The average molecular weight is 826 g/mol. The van der Waals surface area contributed by atoms with Gasteiger partial charge in [-0.3, -0.25) is 0 Å². The molecule has 2 aromatic heterocycles. The molecule has 0 spiro atoms. The Bertz CT molecular complexity index is 2020. The Kier molecular flexibility index (Phi) is 12.4. The van der Waals surface area contributed by atoms with E-state index in [9.17, 15) is 0 Å². The Morgan fingerprint density at radius 3 is 1.15 bits per heavy atom. The third-order valence-corrected chi connectivity index (χ3v) is 11.6. The van der Waals surface area contributed by atoms with Gasteiger partial charge in [0.05, 0.1) is 0 Å². The standard InChI is InChI=1S/C25H30N.C19H24N.CH4.Ir.2H2/c1-12-11-22(17(6)14(3)13(12)2)25-24-19(8)16(5)15(4)18(7)23(24)20(9)21(10)26-25;1-10-9-18(15(6)12(3)11(10)2)19-16(7)13(4)14(5)17(8)20-19;;;;/h1-10H3;1-8H3;1H4;;2*1H/q2*-1;;;;/i;;;;1+1D;1+1. The number of rotatable bonds is 2. The quantitative estimate of drug-likeness (QED) is 0.166. The summed E-state index contributed by atoms with van der Waals surface area (Å²) >= 11 is 0. The van der Waals surface area contributed by atoms with Crippen molar-refractivity contribution in [3.63, 3.8) is 0 Å². The van der Waals surface area contributed by atoms with Crippen molar-refractivity contribution in [1.82, 2.24) is 9.97 Å². The van der Waals surface area contributed by atoms with Crippen molar-refractivity contribution < 1.29 is 24.5 Å². The molecule has 2 nitrogen and oxygen atoms in total. The Morgan fingerprint density at radius 2 is 0.688 bits per heavy atom. The smallest absolute Gasteiger partial charge is 0.0301 e. The third-order valence-electron chi connectivity index (χ3n) is 11.6. The van der Waals surface area contributed by atoms with Crippen LogP contribution in [0.4, 0.5) is 0 Å². The van der Waals surface area contributed by atoms with Crippen LogP contribution in [0.1, 0.15) is 112 Å². The molecule has 0 saturated carbocycles. The molecule has 48 heavy (non-hydrogen) atoms. The van der Waals surface area contributed by atoms with E-state index in [1.807, 2.05) is 0 Å². The normalized spacial score (nSPS) is 11.0. The van der Waals surface area contributed by atoms with Crippen LogP contribution in [0.3, 0.4) is 0 Å². The predicted molar refractivity (Wildman–Crippen MR) is 211 cm³/mol. The van der Waals surface area contributed by atoms with Crippen molar-refractivity contribution in [3.05, 3.63) is 113 Å². The van der Waals surface area contributed by atoms with E-state index in [0.717, 1.165) is 33.9 Å². The second-order valence-corrected chi connectivity index (χ2v) is 13.8. The molecule has 0 bridgehead atoms. The maximum atomic E-state index is 5.09. The Balaban J connectivity index is 0.000000909. The molecule has 0 N–H and O–H groups in total. The van der Waals surface area contributed by atoms with Gasteiger partial charge in [0.2, 0.25) is 0 Å². The maximum absolute atomic E-state index is 5.09. The summed E-state index contributed by atoms with van der Waals surface area (Å²) < 4.78 is 10.0. The second-order valence-electron chi connectivity index (χ2n) is 13.8. The van der Waals surface area contributed by atoms with Crippen molar-refractivity contribution in [2.45, 2.75) is 132 Å². The molecule has 5 aromatic rings. The molecule has 0 saturated heterocycles. The number of hydrogen-bond donors (Lipinski definition) is 0. The van der Waals surface area contributed by atoms with Crippen LogP contribution < -0.4 is 0 Å². The Morgan fingerprint density at radius 1 is 0.354 bits per heavy atom. The average Bonchev–Trinajstić information content (AvgIpc) is 3.07. The molecule has 3 heteroatoms. The topological polar surface area (TPSA) is 25.8 Å². The molecule has 0 atom stereocenters. The van der Waals surface area contributed by atoms with Crippen molar-refractivity contribution in [2.75, 3.05) is 0 Å². The summed E-state index contributed by atoms with van der Waals surface area (Å²) in [5, 5.41) is 2.67. The van der Waals surface area contributed by atoms with Crippen molar-refractivity contribution in [1.29, 1.82) is 0 Å². The van der Waals surface area contributed by atoms with Gasteiger partial charge in [-0.2, -0.15) is 0 Å². The van der Waals surface area contributed by atoms with Crippen LogP contribution in [0, 0.1) is 137 Å². The van der Waals surface area contributed by atoms with Crippen molar-refractivity contribution in [2.24, 2.45) is 0 Å². The van der Waals surface area contributed by atoms with Crippen molar-refractivity contribution >= 4 is 10.8 Å². The number of aromatic nitrogens is 2. The van der Waals surface area contributed by atoms with E-state index >= 15 is 0 Å². The fraction of sp³-hybridized carbons (Fsp3) is 0.422. The minimum Gasteiger partial charge on any atom is -0.301 e. The summed E-state index contributed by atoms with van der Waals surface area (Å²) in [6, 6.07) is 7.21. The molecule has 5 rings (SSSR count). The minimum absolute atomic E-state index is 0. The van der Waals surface area contributed by atoms with Gasteiger partial charge in [-0.25, -0.2) is 0 Å². The number of aryl methyl sites for hydroxylation is 7. The van der Waals surface area contributed by atoms with Crippen LogP contribution in [0.25, 0.3) is 33.3 Å². The van der Waals surface area contributed by atoms with Gasteiger partial charge in [0.1, 0.15) is 0 Å². The fourth-order valence-electron chi connectivity index (χ4n) is 6.78. The predicted octanol–water partition coefficient (Wildman–Crippen LogP) is 12.9. The Hall–Kier alpha value is -3.13. The van der Waals surface area contributed by atoms with Gasteiger partial charge in [-0.1, -0.05) is 73.9 Å². The van der Waals surface area contributed by atoms with Crippen LogP contribution in [-0.4, -0.2) is 9.97 Å². The van der Waals surface area contributed by atoms with Gasteiger partial charge in [0.15, 0.2) is 0 Å². The number of pyridine rings is 2. The molecule has 0 aliphatic rings. The van der Waals surface area contributed by atoms with E-state index in [-0.39, 0.29) is 29.0 Å². The molecule has 0 aliphatic heterocycles. The van der Waals surface area contributed by atoms with Crippen LogP contribution in [0.2, 0.25) is 0 Å². The number of nitrogens with zero attached hydrogens (tertiary/aromatic N) is 2. The first-order valence-electron chi connectivity index (χ1n) is 17.6. The third kappa shape index (κ3) is 6.83. The molecule has 0 amide bonds. The number of fused-ring (bicyclic) bond motifs is 1. The zero-order chi connectivity index (χ0) is 36.7. The van der Waals surface area contributed by atoms with E-state index in [1.54, 1.807) is 0 Å². The van der Waals surface area contributed by atoms with Crippen LogP contribution in [-0.2, 0) is 20.1 Å². The summed E-state index contributed by atoms with van der Waals surface area (Å²) in [5.74, 6) is 0. The number of benzene rings is 3. The van der Waals surface area contributed by atoms with Gasteiger partial charge in [0, 0.05) is 35.9 Å². The zero-order valence-electron chi connectivity index (χ0n) is 34.2. The summed E-state index contributed by atoms with van der Waals surface area (Å²) in [7, 11) is 0. The van der Waals surface area contributed by atoms with E-state index in [0.29, 0.717) is 0 Å². The zero-order valence-corrected chi connectivity index (χ0v) is 34.6. The summed E-state index contributed by atoms with van der Waals surface area (Å²) in [5.41, 5.74) is 27.8. The van der Waals surface area contributed by atoms with Gasteiger partial charge in [-0.15, -0.1) is 67.8 Å². The largest absolute Gasteiger partial charge is 0.301 e. The first kappa shape index (κ1) is 39.3. The molecule has 2 heterocycles. The van der Waals surface area contributed by atoms with Gasteiger partial charge >= 0.3 is 0 Å². The van der Waals surface area contributed by atoms with E-state index in [2.05, 4.69) is 137 Å². The molecule has 263 valence electrons. The van der Waals surface area contributed by atoms with Gasteiger partial charge in [-0.05, 0) is 125 Å². The molecule has 3 aromatic carbocycles. The Labute approximate surface area is 311 Å². The van der Waals surface area contributed by atoms with Crippen LogP contribution in [0.15, 0.2) is 0 Å². The summed E-state index contributed by atoms with van der Waals surface area (Å²) in [6.07, 6.45) is 0. The second kappa shape index (κ2) is 15.2.